The highest BCUT2D eigenvalue weighted by molar-refractivity contribution is 5.89. The lowest BCUT2D eigenvalue weighted by Gasteiger charge is -2.06. The zero-order valence-corrected chi connectivity index (χ0v) is 9.96. The molecule has 2 heterocycles. The van der Waals surface area contributed by atoms with Gasteiger partial charge in [0, 0.05) is 6.20 Å². The number of hydrogen-bond donors (Lipinski definition) is 2. The van der Waals surface area contributed by atoms with E-state index < -0.39 is 6.09 Å². The fourth-order valence-electron chi connectivity index (χ4n) is 1.74. The fraction of sp³-hybridized carbons (Fsp3) is 0. The first-order valence-electron chi connectivity index (χ1n) is 5.78. The third-order valence-electron chi connectivity index (χ3n) is 2.60. The van der Waals surface area contributed by atoms with Crippen LogP contribution in [0.25, 0.3) is 11.0 Å². The molecule has 5 heteroatoms. The second-order valence-electron chi connectivity index (χ2n) is 3.96. The molecule has 1 aromatic carbocycles. The van der Waals surface area contributed by atoms with Crippen molar-refractivity contribution in [1.82, 2.24) is 9.97 Å². The maximum Gasteiger partial charge on any atom is 0.417 e. The van der Waals surface area contributed by atoms with E-state index in [0.29, 0.717) is 11.4 Å². The summed E-state index contributed by atoms with van der Waals surface area (Å²) in [6.45, 7) is 0. The van der Waals surface area contributed by atoms with Crippen LogP contribution in [0.4, 0.5) is 10.5 Å². The van der Waals surface area contributed by atoms with Crippen LogP contribution in [-0.2, 0) is 0 Å². The third kappa shape index (κ3) is 2.55. The molecule has 2 N–H and O–H groups in total. The van der Waals surface area contributed by atoms with Crippen LogP contribution in [0, 0.1) is 0 Å². The molecule has 3 aromatic rings. The van der Waals surface area contributed by atoms with E-state index >= 15 is 0 Å². The molecule has 19 heavy (non-hydrogen) atoms. The van der Waals surface area contributed by atoms with Crippen molar-refractivity contribution < 1.29 is 9.53 Å². The Labute approximate surface area is 109 Å². The molecule has 3 rings (SSSR count). The van der Waals surface area contributed by atoms with Crippen LogP contribution in [0.15, 0.2) is 54.9 Å². The van der Waals surface area contributed by atoms with Crippen LogP contribution in [0.1, 0.15) is 0 Å². The van der Waals surface area contributed by atoms with Crippen molar-refractivity contribution in [2.75, 3.05) is 5.32 Å². The highest BCUT2D eigenvalue weighted by Gasteiger charge is 2.06. The standard InChI is InChI=1S/C14H11N3O2/c18-14(19-11-4-2-1-3-5-11)17-10-8-13-12(16-9-10)6-7-15-13/h1-9,15H,(H,17,18). The van der Waals surface area contributed by atoms with Crippen molar-refractivity contribution in [1.29, 1.82) is 0 Å². The van der Waals surface area contributed by atoms with Crippen molar-refractivity contribution in [2.24, 2.45) is 0 Å². The Hall–Kier alpha value is -2.82. The van der Waals surface area contributed by atoms with Gasteiger partial charge in [-0.2, -0.15) is 0 Å². The van der Waals surface area contributed by atoms with E-state index in [1.807, 2.05) is 12.1 Å². The van der Waals surface area contributed by atoms with E-state index in [1.54, 1.807) is 42.7 Å². The lowest BCUT2D eigenvalue weighted by atomic mass is 10.3. The van der Waals surface area contributed by atoms with Crippen LogP contribution >= 0.6 is 0 Å². The Morgan fingerprint density at radius 3 is 2.89 bits per heavy atom. The number of carbonyl (C=O) groups is 1. The Balaban J connectivity index is 1.72. The first kappa shape index (κ1) is 11.3. The molecular weight excluding hydrogens is 242 g/mol. The topological polar surface area (TPSA) is 67.0 Å². The van der Waals surface area contributed by atoms with Gasteiger partial charge in [0.1, 0.15) is 5.75 Å². The Morgan fingerprint density at radius 2 is 2.05 bits per heavy atom. The number of aromatic amines is 1. The number of anilines is 1. The zero-order chi connectivity index (χ0) is 13.1. The van der Waals surface area contributed by atoms with E-state index in [9.17, 15) is 4.79 Å². The molecule has 0 aliphatic rings. The van der Waals surface area contributed by atoms with Gasteiger partial charge in [0.05, 0.1) is 22.9 Å². The Morgan fingerprint density at radius 1 is 1.21 bits per heavy atom. The number of H-pyrrole nitrogens is 1. The first-order valence-corrected chi connectivity index (χ1v) is 5.78. The second kappa shape index (κ2) is 4.81. The number of fused-ring (bicyclic) bond motifs is 1. The quantitative estimate of drug-likeness (QED) is 0.737. The molecule has 0 fully saturated rings. The normalized spacial score (nSPS) is 10.3. The number of para-hydroxylation sites is 1. The number of carbonyl (C=O) groups excluding carboxylic acids is 1. The smallest absolute Gasteiger partial charge is 0.410 e. The van der Waals surface area contributed by atoms with Gasteiger partial charge < -0.3 is 9.72 Å². The third-order valence-corrected chi connectivity index (χ3v) is 2.60. The second-order valence-corrected chi connectivity index (χ2v) is 3.96. The molecule has 0 aliphatic carbocycles. The highest BCUT2D eigenvalue weighted by Crippen LogP contribution is 2.15. The Bertz CT molecular complexity index is 707. The molecule has 5 nitrogen and oxygen atoms in total. The van der Waals surface area contributed by atoms with Gasteiger partial charge in [-0.05, 0) is 24.3 Å². The maximum absolute atomic E-state index is 11.7. The lowest BCUT2D eigenvalue weighted by molar-refractivity contribution is 0.215. The number of aromatic nitrogens is 2. The van der Waals surface area contributed by atoms with E-state index in [-0.39, 0.29) is 0 Å². The molecule has 0 atom stereocenters. The number of nitrogens with one attached hydrogen (secondary N) is 2. The Kier molecular flexibility index (Phi) is 2.86. The van der Waals surface area contributed by atoms with Gasteiger partial charge >= 0.3 is 6.09 Å². The average Bonchev–Trinajstić information content (AvgIpc) is 2.87. The predicted molar refractivity (Wildman–Crippen MR) is 72.2 cm³/mol. The SMILES string of the molecule is O=C(Nc1cnc2cc[nH]c2c1)Oc1ccccc1. The molecule has 0 aliphatic heterocycles. The molecule has 1 amide bonds. The van der Waals surface area contributed by atoms with Gasteiger partial charge in [-0.1, -0.05) is 18.2 Å². The van der Waals surface area contributed by atoms with Gasteiger partial charge in [-0.3, -0.25) is 10.3 Å². The van der Waals surface area contributed by atoms with Gasteiger partial charge in [0.2, 0.25) is 0 Å². The summed E-state index contributed by atoms with van der Waals surface area (Å²) in [5, 5.41) is 2.63. The summed E-state index contributed by atoms with van der Waals surface area (Å²) < 4.78 is 5.12. The minimum Gasteiger partial charge on any atom is -0.410 e. The van der Waals surface area contributed by atoms with Crippen molar-refractivity contribution in [3.05, 3.63) is 54.9 Å². The van der Waals surface area contributed by atoms with E-state index in [2.05, 4.69) is 15.3 Å². The number of amides is 1. The van der Waals surface area contributed by atoms with Crippen molar-refractivity contribution in [2.45, 2.75) is 0 Å². The minimum absolute atomic E-state index is 0.494. The lowest BCUT2D eigenvalue weighted by Crippen LogP contribution is -2.16. The van der Waals surface area contributed by atoms with Gasteiger partial charge in [0.15, 0.2) is 0 Å². The number of hydrogen-bond acceptors (Lipinski definition) is 3. The average molecular weight is 253 g/mol. The van der Waals surface area contributed by atoms with Gasteiger partial charge in [0.25, 0.3) is 0 Å². The van der Waals surface area contributed by atoms with E-state index in [1.165, 1.54) is 0 Å². The molecule has 94 valence electrons. The number of pyridine rings is 1. The first-order chi connectivity index (χ1) is 9.31. The van der Waals surface area contributed by atoms with Crippen LogP contribution in [0.3, 0.4) is 0 Å². The highest BCUT2D eigenvalue weighted by atomic mass is 16.6. The predicted octanol–water partition coefficient (Wildman–Crippen LogP) is 3.17. The zero-order valence-electron chi connectivity index (χ0n) is 9.96. The molecule has 0 saturated heterocycles. The van der Waals surface area contributed by atoms with Crippen LogP contribution in [-0.4, -0.2) is 16.1 Å². The minimum atomic E-state index is -0.543. The molecule has 2 aromatic heterocycles. The molecule has 0 saturated carbocycles. The summed E-state index contributed by atoms with van der Waals surface area (Å²) in [5.41, 5.74) is 2.29. The van der Waals surface area contributed by atoms with E-state index in [4.69, 9.17) is 4.74 Å². The number of benzene rings is 1. The van der Waals surface area contributed by atoms with Crippen LogP contribution in [0.5, 0.6) is 5.75 Å². The molecule has 0 radical (unpaired) electrons. The molecular formula is C14H11N3O2. The summed E-state index contributed by atoms with van der Waals surface area (Å²) in [5.74, 6) is 0.494. The molecule has 0 unspecified atom stereocenters. The fourth-order valence-corrected chi connectivity index (χ4v) is 1.74. The van der Waals surface area contributed by atoms with Gasteiger partial charge in [-0.25, -0.2) is 4.79 Å². The molecule has 0 bridgehead atoms. The monoisotopic (exact) mass is 253 g/mol. The number of ether oxygens (including phenoxy) is 1. The van der Waals surface area contributed by atoms with Crippen molar-refractivity contribution in [3.8, 4) is 5.75 Å². The van der Waals surface area contributed by atoms with Gasteiger partial charge in [-0.15, -0.1) is 0 Å². The molecule has 0 spiro atoms. The summed E-state index contributed by atoms with van der Waals surface area (Å²) in [6.07, 6.45) is 2.84. The van der Waals surface area contributed by atoms with Crippen LogP contribution < -0.4 is 10.1 Å². The largest absolute Gasteiger partial charge is 0.417 e. The summed E-state index contributed by atoms with van der Waals surface area (Å²) in [4.78, 5) is 18.9. The van der Waals surface area contributed by atoms with Crippen molar-refractivity contribution >= 4 is 22.8 Å². The van der Waals surface area contributed by atoms with E-state index in [0.717, 1.165) is 11.0 Å². The maximum atomic E-state index is 11.7. The van der Waals surface area contributed by atoms with Crippen molar-refractivity contribution in [3.63, 3.8) is 0 Å². The summed E-state index contributed by atoms with van der Waals surface area (Å²) >= 11 is 0. The number of nitrogens with zero attached hydrogens (tertiary/aromatic N) is 1. The number of rotatable bonds is 2. The van der Waals surface area contributed by atoms with Crippen LogP contribution in [0.2, 0.25) is 0 Å². The summed E-state index contributed by atoms with van der Waals surface area (Å²) in [7, 11) is 0. The summed E-state index contributed by atoms with van der Waals surface area (Å²) in [6, 6.07) is 12.5.